The highest BCUT2D eigenvalue weighted by Crippen LogP contribution is 2.42. The van der Waals surface area contributed by atoms with Crippen molar-refractivity contribution in [2.24, 2.45) is 0 Å². The number of fused-ring (bicyclic) bond motifs is 1. The molecule has 3 nitrogen and oxygen atoms in total. The van der Waals surface area contributed by atoms with Gasteiger partial charge in [0.2, 0.25) is 0 Å². The SMILES string of the molecule is CCC1(CC)C[C@H](NC(=O)c2ccc(C)cc2)c2ccccc2O1. The molecule has 0 aliphatic carbocycles. The van der Waals surface area contributed by atoms with Crippen LogP contribution in [0.25, 0.3) is 0 Å². The summed E-state index contributed by atoms with van der Waals surface area (Å²) in [4.78, 5) is 12.7. The normalized spacial score (nSPS) is 18.4. The maximum absolute atomic E-state index is 12.7. The fourth-order valence-corrected chi connectivity index (χ4v) is 3.38. The first-order chi connectivity index (χ1) is 11.6. The highest BCUT2D eigenvalue weighted by Gasteiger charge is 2.38. The van der Waals surface area contributed by atoms with E-state index in [-0.39, 0.29) is 17.6 Å². The molecule has 0 saturated heterocycles. The maximum Gasteiger partial charge on any atom is 0.251 e. The van der Waals surface area contributed by atoms with E-state index >= 15 is 0 Å². The Labute approximate surface area is 144 Å². The molecule has 0 fully saturated rings. The number of nitrogens with one attached hydrogen (secondary N) is 1. The molecular weight excluding hydrogens is 298 g/mol. The Morgan fingerprint density at radius 1 is 1.12 bits per heavy atom. The first-order valence-electron chi connectivity index (χ1n) is 8.72. The second kappa shape index (κ2) is 6.68. The summed E-state index contributed by atoms with van der Waals surface area (Å²) >= 11 is 0. The maximum atomic E-state index is 12.7. The van der Waals surface area contributed by atoms with Gasteiger partial charge in [-0.25, -0.2) is 0 Å². The van der Waals surface area contributed by atoms with Crippen LogP contribution in [0.5, 0.6) is 5.75 Å². The smallest absolute Gasteiger partial charge is 0.251 e. The van der Waals surface area contributed by atoms with Crippen LogP contribution in [0.1, 0.15) is 60.6 Å². The molecule has 1 aliphatic rings. The molecule has 0 spiro atoms. The van der Waals surface area contributed by atoms with Gasteiger partial charge in [-0.05, 0) is 38.0 Å². The van der Waals surface area contributed by atoms with Crippen molar-refractivity contribution in [3.05, 3.63) is 65.2 Å². The largest absolute Gasteiger partial charge is 0.487 e. The number of para-hydroxylation sites is 1. The summed E-state index contributed by atoms with van der Waals surface area (Å²) in [6.07, 6.45) is 2.65. The first kappa shape index (κ1) is 16.6. The van der Waals surface area contributed by atoms with Gasteiger partial charge in [-0.3, -0.25) is 4.79 Å². The summed E-state index contributed by atoms with van der Waals surface area (Å²) in [5.74, 6) is 0.861. The van der Waals surface area contributed by atoms with E-state index in [4.69, 9.17) is 4.74 Å². The Morgan fingerprint density at radius 3 is 2.46 bits per heavy atom. The molecule has 0 radical (unpaired) electrons. The molecule has 1 heterocycles. The lowest BCUT2D eigenvalue weighted by atomic mass is 9.83. The topological polar surface area (TPSA) is 38.3 Å². The summed E-state index contributed by atoms with van der Waals surface area (Å²) in [6, 6.07) is 15.7. The van der Waals surface area contributed by atoms with Crippen LogP contribution in [0.15, 0.2) is 48.5 Å². The molecule has 3 rings (SSSR count). The summed E-state index contributed by atoms with van der Waals surface area (Å²) in [7, 11) is 0. The number of aryl methyl sites for hydroxylation is 1. The molecule has 1 N–H and O–H groups in total. The van der Waals surface area contributed by atoms with Gasteiger partial charge in [-0.15, -0.1) is 0 Å². The quantitative estimate of drug-likeness (QED) is 0.877. The molecule has 1 atom stereocenters. The van der Waals surface area contributed by atoms with Crippen LogP contribution >= 0.6 is 0 Å². The highest BCUT2D eigenvalue weighted by atomic mass is 16.5. The monoisotopic (exact) mass is 323 g/mol. The fraction of sp³-hybridized carbons (Fsp3) is 0.381. The van der Waals surface area contributed by atoms with Crippen molar-refractivity contribution >= 4 is 5.91 Å². The van der Waals surface area contributed by atoms with E-state index in [0.29, 0.717) is 5.56 Å². The highest BCUT2D eigenvalue weighted by molar-refractivity contribution is 5.94. The Bertz CT molecular complexity index is 717. The van der Waals surface area contributed by atoms with Crippen molar-refractivity contribution in [1.29, 1.82) is 0 Å². The average molecular weight is 323 g/mol. The van der Waals surface area contributed by atoms with Gasteiger partial charge in [0.15, 0.2) is 0 Å². The van der Waals surface area contributed by atoms with Crippen molar-refractivity contribution in [3.63, 3.8) is 0 Å². The number of hydrogen-bond donors (Lipinski definition) is 1. The lowest BCUT2D eigenvalue weighted by molar-refractivity contribution is 0.0227. The lowest BCUT2D eigenvalue weighted by Gasteiger charge is -2.41. The minimum atomic E-state index is -0.209. The number of rotatable bonds is 4. The Hall–Kier alpha value is -2.29. The Kier molecular flexibility index (Phi) is 4.61. The van der Waals surface area contributed by atoms with Crippen LogP contribution in [-0.4, -0.2) is 11.5 Å². The minimum Gasteiger partial charge on any atom is -0.487 e. The fourth-order valence-electron chi connectivity index (χ4n) is 3.38. The van der Waals surface area contributed by atoms with Gasteiger partial charge in [-0.1, -0.05) is 49.7 Å². The third-order valence-electron chi connectivity index (χ3n) is 5.10. The van der Waals surface area contributed by atoms with Gasteiger partial charge in [0.05, 0.1) is 6.04 Å². The second-order valence-electron chi connectivity index (χ2n) is 6.63. The zero-order valence-electron chi connectivity index (χ0n) is 14.6. The molecule has 1 amide bonds. The molecule has 2 aromatic carbocycles. The predicted molar refractivity (Wildman–Crippen MR) is 96.4 cm³/mol. The van der Waals surface area contributed by atoms with Crippen molar-refractivity contribution < 1.29 is 9.53 Å². The zero-order valence-corrected chi connectivity index (χ0v) is 14.6. The molecule has 0 saturated carbocycles. The van der Waals surface area contributed by atoms with Crippen LogP contribution in [-0.2, 0) is 0 Å². The molecule has 24 heavy (non-hydrogen) atoms. The summed E-state index contributed by atoms with van der Waals surface area (Å²) in [6.45, 7) is 6.32. The number of carbonyl (C=O) groups is 1. The summed E-state index contributed by atoms with van der Waals surface area (Å²) in [5, 5.41) is 3.22. The third kappa shape index (κ3) is 3.16. The number of hydrogen-bond acceptors (Lipinski definition) is 2. The van der Waals surface area contributed by atoms with E-state index in [9.17, 15) is 4.79 Å². The van der Waals surface area contributed by atoms with Crippen LogP contribution in [0.2, 0.25) is 0 Å². The Balaban J connectivity index is 1.88. The van der Waals surface area contributed by atoms with Crippen molar-refractivity contribution in [2.45, 2.75) is 51.7 Å². The van der Waals surface area contributed by atoms with Gasteiger partial charge < -0.3 is 10.1 Å². The molecule has 2 aromatic rings. The van der Waals surface area contributed by atoms with Crippen LogP contribution in [0.4, 0.5) is 0 Å². The molecular formula is C21H25NO2. The van der Waals surface area contributed by atoms with E-state index in [1.54, 1.807) is 0 Å². The molecule has 0 unspecified atom stereocenters. The molecule has 0 aromatic heterocycles. The van der Waals surface area contributed by atoms with Gasteiger partial charge in [-0.2, -0.15) is 0 Å². The number of benzene rings is 2. The molecule has 1 aliphatic heterocycles. The summed E-state index contributed by atoms with van der Waals surface area (Å²) < 4.78 is 6.30. The number of ether oxygens (including phenoxy) is 1. The predicted octanol–water partition coefficient (Wildman–Crippen LogP) is 4.81. The van der Waals surface area contributed by atoms with E-state index in [2.05, 4.69) is 19.2 Å². The number of amides is 1. The van der Waals surface area contributed by atoms with Crippen molar-refractivity contribution in [2.75, 3.05) is 0 Å². The van der Waals surface area contributed by atoms with Crippen LogP contribution in [0.3, 0.4) is 0 Å². The van der Waals surface area contributed by atoms with Crippen LogP contribution < -0.4 is 10.1 Å². The standard InChI is InChI=1S/C21H25NO2/c1-4-21(5-2)14-18(17-8-6-7-9-19(17)24-21)22-20(23)16-12-10-15(3)11-13-16/h6-13,18H,4-5,14H2,1-3H3,(H,22,23)/t18-/m0/s1. The lowest BCUT2D eigenvalue weighted by Crippen LogP contribution is -2.44. The third-order valence-corrected chi connectivity index (χ3v) is 5.10. The van der Waals surface area contributed by atoms with Gasteiger partial charge >= 0.3 is 0 Å². The molecule has 126 valence electrons. The van der Waals surface area contributed by atoms with E-state index in [0.717, 1.165) is 36.1 Å². The van der Waals surface area contributed by atoms with Gasteiger partial charge in [0.25, 0.3) is 5.91 Å². The molecule has 3 heteroatoms. The van der Waals surface area contributed by atoms with Crippen LogP contribution in [0, 0.1) is 6.92 Å². The van der Waals surface area contributed by atoms with Gasteiger partial charge in [0, 0.05) is 17.5 Å². The van der Waals surface area contributed by atoms with Crippen molar-refractivity contribution in [3.8, 4) is 5.75 Å². The van der Waals surface area contributed by atoms with E-state index in [1.807, 2.05) is 55.5 Å². The number of carbonyl (C=O) groups excluding carboxylic acids is 1. The zero-order chi connectivity index (χ0) is 17.2. The van der Waals surface area contributed by atoms with E-state index < -0.39 is 0 Å². The Morgan fingerprint density at radius 2 is 1.79 bits per heavy atom. The second-order valence-corrected chi connectivity index (χ2v) is 6.63. The van der Waals surface area contributed by atoms with Gasteiger partial charge in [0.1, 0.15) is 11.4 Å². The minimum absolute atomic E-state index is 0.0244. The van der Waals surface area contributed by atoms with E-state index in [1.165, 1.54) is 0 Å². The summed E-state index contributed by atoms with van der Waals surface area (Å²) in [5.41, 5.74) is 2.71. The van der Waals surface area contributed by atoms with Crippen molar-refractivity contribution in [1.82, 2.24) is 5.32 Å². The average Bonchev–Trinajstić information content (AvgIpc) is 2.62. The first-order valence-corrected chi connectivity index (χ1v) is 8.72. The molecule has 0 bridgehead atoms.